The Balaban J connectivity index is 2.13. The molecule has 0 radical (unpaired) electrons. The van der Waals surface area contributed by atoms with Gasteiger partial charge in [0.1, 0.15) is 22.5 Å². The quantitative estimate of drug-likeness (QED) is 0.409. The van der Waals surface area contributed by atoms with Gasteiger partial charge in [-0.3, -0.25) is 13.9 Å². The number of fused-ring (bicyclic) bond motifs is 1. The molecule has 3 aromatic rings. The van der Waals surface area contributed by atoms with E-state index in [9.17, 15) is 31.8 Å². The van der Waals surface area contributed by atoms with Crippen molar-refractivity contribution in [1.29, 1.82) is 0 Å². The van der Waals surface area contributed by atoms with Crippen LogP contribution in [-0.4, -0.2) is 36.2 Å². The topological polar surface area (TPSA) is 198 Å². The third kappa shape index (κ3) is 4.75. The summed E-state index contributed by atoms with van der Waals surface area (Å²) in [5.74, 6) is -2.70. The summed E-state index contributed by atoms with van der Waals surface area (Å²) < 4.78 is 74.3. The number of phenols is 2. The zero-order valence-corrected chi connectivity index (χ0v) is 15.5. The molecule has 0 aliphatic heterocycles. The monoisotopic (exact) mass is 446 g/mol. The molecule has 3 rings (SSSR count). The molecule has 0 atom stereocenters. The highest BCUT2D eigenvalue weighted by atomic mass is 32.3. The molecule has 4 N–H and O–H groups in total. The van der Waals surface area contributed by atoms with E-state index in [1.54, 1.807) is 0 Å². The van der Waals surface area contributed by atoms with Crippen molar-refractivity contribution in [2.75, 3.05) is 0 Å². The summed E-state index contributed by atoms with van der Waals surface area (Å²) in [4.78, 5) is 12.3. The van der Waals surface area contributed by atoms with Crippen LogP contribution in [0.2, 0.25) is 0 Å². The van der Waals surface area contributed by atoms with Crippen molar-refractivity contribution in [3.63, 3.8) is 0 Å². The SMILES string of the molecule is O=c1cc(-c2ccc(OS(=O)(=O)O)c(O)c2)oc2cc(OS(=O)(=O)O)cc(O)c12. The Morgan fingerprint density at radius 1 is 0.828 bits per heavy atom. The molecule has 0 aliphatic carbocycles. The van der Waals surface area contributed by atoms with Crippen LogP contribution in [0.15, 0.2) is 45.6 Å². The third-order valence-electron chi connectivity index (χ3n) is 3.42. The zero-order valence-electron chi connectivity index (χ0n) is 13.8. The van der Waals surface area contributed by atoms with E-state index < -0.39 is 49.2 Å². The molecule has 12 nitrogen and oxygen atoms in total. The number of benzene rings is 2. The number of hydrogen-bond donors (Lipinski definition) is 4. The van der Waals surface area contributed by atoms with E-state index in [4.69, 9.17) is 13.5 Å². The summed E-state index contributed by atoms with van der Waals surface area (Å²) in [5.41, 5.74) is -0.997. The lowest BCUT2D eigenvalue weighted by Crippen LogP contribution is -2.07. The average molecular weight is 446 g/mol. The van der Waals surface area contributed by atoms with Crippen LogP contribution in [0.3, 0.4) is 0 Å². The summed E-state index contributed by atoms with van der Waals surface area (Å²) in [5, 5.41) is 19.5. The molecule has 154 valence electrons. The van der Waals surface area contributed by atoms with Gasteiger partial charge in [-0.25, -0.2) is 0 Å². The molecular weight excluding hydrogens is 436 g/mol. The first-order valence-electron chi connectivity index (χ1n) is 7.30. The van der Waals surface area contributed by atoms with E-state index in [0.29, 0.717) is 0 Å². The van der Waals surface area contributed by atoms with Crippen LogP contribution in [0.1, 0.15) is 0 Å². The van der Waals surface area contributed by atoms with E-state index >= 15 is 0 Å². The molecule has 0 fully saturated rings. The Bertz CT molecular complexity index is 1390. The normalized spacial score (nSPS) is 12.1. The van der Waals surface area contributed by atoms with Gasteiger partial charge in [0.2, 0.25) is 0 Å². The average Bonchev–Trinajstić information content (AvgIpc) is 2.53. The van der Waals surface area contributed by atoms with Crippen molar-refractivity contribution in [1.82, 2.24) is 0 Å². The second-order valence-corrected chi connectivity index (χ2v) is 7.54. The van der Waals surface area contributed by atoms with Gasteiger partial charge >= 0.3 is 20.8 Å². The number of phenolic OH excluding ortho intramolecular Hbond substituents is 2. The molecule has 0 saturated heterocycles. The minimum atomic E-state index is -4.91. The van der Waals surface area contributed by atoms with Crippen LogP contribution in [0.4, 0.5) is 0 Å². The van der Waals surface area contributed by atoms with Gasteiger partial charge in [0.05, 0.1) is 0 Å². The summed E-state index contributed by atoms with van der Waals surface area (Å²) in [6.45, 7) is 0. The number of hydrogen-bond acceptors (Lipinski definition) is 10. The van der Waals surface area contributed by atoms with Gasteiger partial charge in [-0.1, -0.05) is 0 Å². The molecule has 0 saturated carbocycles. The lowest BCUT2D eigenvalue weighted by Gasteiger charge is -2.09. The predicted octanol–water partition coefficient (Wildman–Crippen LogP) is 1.23. The van der Waals surface area contributed by atoms with E-state index in [1.165, 1.54) is 6.07 Å². The lowest BCUT2D eigenvalue weighted by molar-refractivity contribution is 0.371. The summed E-state index contributed by atoms with van der Waals surface area (Å²) in [6.07, 6.45) is 0. The molecular formula is C15H10O12S2. The maximum atomic E-state index is 12.3. The Kier molecular flexibility index (Phi) is 4.87. The van der Waals surface area contributed by atoms with Crippen LogP contribution in [0, 0.1) is 0 Å². The fourth-order valence-electron chi connectivity index (χ4n) is 2.41. The molecule has 1 aromatic heterocycles. The molecule has 1 heterocycles. The summed E-state index contributed by atoms with van der Waals surface area (Å²) in [7, 11) is -9.79. The van der Waals surface area contributed by atoms with Crippen LogP contribution in [-0.2, 0) is 20.8 Å². The molecule has 0 aliphatic rings. The number of aromatic hydroxyl groups is 2. The van der Waals surface area contributed by atoms with Gasteiger partial charge in [0.15, 0.2) is 22.7 Å². The second-order valence-electron chi connectivity index (χ2n) is 5.50. The Labute approximate surface area is 162 Å². The van der Waals surface area contributed by atoms with Crippen molar-refractivity contribution < 1.29 is 48.9 Å². The first-order chi connectivity index (χ1) is 13.3. The first kappa shape index (κ1) is 20.4. The van der Waals surface area contributed by atoms with Crippen LogP contribution >= 0.6 is 0 Å². The van der Waals surface area contributed by atoms with Gasteiger partial charge in [-0.2, -0.15) is 16.8 Å². The fourth-order valence-corrected chi connectivity index (χ4v) is 3.12. The minimum absolute atomic E-state index is 0.0600. The van der Waals surface area contributed by atoms with Crippen molar-refractivity contribution in [2.24, 2.45) is 0 Å². The lowest BCUT2D eigenvalue weighted by atomic mass is 10.1. The van der Waals surface area contributed by atoms with Crippen LogP contribution < -0.4 is 13.8 Å². The Morgan fingerprint density at radius 2 is 1.48 bits per heavy atom. The molecule has 0 amide bonds. The van der Waals surface area contributed by atoms with Crippen molar-refractivity contribution in [3.05, 3.63) is 46.6 Å². The Morgan fingerprint density at radius 3 is 2.07 bits per heavy atom. The maximum absolute atomic E-state index is 12.3. The second kappa shape index (κ2) is 6.93. The molecule has 0 bridgehead atoms. The standard InChI is InChI=1S/C15H10O12S2/c16-9-3-7(1-2-12(9)27-29(22,23)24)13-6-11(18)15-10(17)4-8(5-14(15)25-13)26-28(19,20)21/h1-6,16-17H,(H,19,20,21)(H,22,23,24). The van der Waals surface area contributed by atoms with Crippen molar-refractivity contribution in [2.45, 2.75) is 0 Å². The summed E-state index contributed by atoms with van der Waals surface area (Å²) >= 11 is 0. The van der Waals surface area contributed by atoms with Gasteiger partial charge < -0.3 is 23.0 Å². The zero-order chi connectivity index (χ0) is 21.6. The fraction of sp³-hybridized carbons (Fsp3) is 0. The first-order valence-corrected chi connectivity index (χ1v) is 10.0. The molecule has 14 heteroatoms. The predicted molar refractivity (Wildman–Crippen MR) is 95.6 cm³/mol. The van der Waals surface area contributed by atoms with Crippen molar-refractivity contribution in [3.8, 4) is 34.3 Å². The van der Waals surface area contributed by atoms with Crippen LogP contribution in [0.5, 0.6) is 23.0 Å². The third-order valence-corrected chi connectivity index (χ3v) is 4.22. The highest BCUT2D eigenvalue weighted by molar-refractivity contribution is 7.81. The largest absolute Gasteiger partial charge is 0.507 e. The maximum Gasteiger partial charge on any atom is 0.446 e. The van der Waals surface area contributed by atoms with Gasteiger partial charge in [-0.05, 0) is 18.2 Å². The van der Waals surface area contributed by atoms with E-state index in [1.807, 2.05) is 0 Å². The molecule has 29 heavy (non-hydrogen) atoms. The van der Waals surface area contributed by atoms with Crippen LogP contribution in [0.25, 0.3) is 22.3 Å². The van der Waals surface area contributed by atoms with Gasteiger partial charge in [0.25, 0.3) is 0 Å². The van der Waals surface area contributed by atoms with Gasteiger partial charge in [0, 0.05) is 23.8 Å². The Hall–Kier alpha value is -3.33. The minimum Gasteiger partial charge on any atom is -0.507 e. The number of rotatable bonds is 5. The van der Waals surface area contributed by atoms with E-state index in [2.05, 4.69) is 8.37 Å². The van der Waals surface area contributed by atoms with Gasteiger partial charge in [-0.15, -0.1) is 0 Å². The van der Waals surface area contributed by atoms with Crippen molar-refractivity contribution >= 4 is 31.8 Å². The highest BCUT2D eigenvalue weighted by Crippen LogP contribution is 2.35. The molecule has 0 unspecified atom stereocenters. The molecule has 2 aromatic carbocycles. The highest BCUT2D eigenvalue weighted by Gasteiger charge is 2.17. The molecule has 0 spiro atoms. The summed E-state index contributed by atoms with van der Waals surface area (Å²) in [6, 6.07) is 5.76. The van der Waals surface area contributed by atoms with E-state index in [-0.39, 0.29) is 22.3 Å². The smallest absolute Gasteiger partial charge is 0.446 e. The van der Waals surface area contributed by atoms with E-state index in [0.717, 1.165) is 30.3 Å².